The first-order valence-electron chi connectivity index (χ1n) is 12.5. The highest BCUT2D eigenvalue weighted by Crippen LogP contribution is 2.28. The van der Waals surface area contributed by atoms with Gasteiger partial charge in [0.2, 0.25) is 0 Å². The summed E-state index contributed by atoms with van der Waals surface area (Å²) < 4.78 is 16.4. The topological polar surface area (TPSA) is 72.8 Å². The summed E-state index contributed by atoms with van der Waals surface area (Å²) in [5.74, 6) is -1.72. The van der Waals surface area contributed by atoms with Crippen molar-refractivity contribution in [3.8, 4) is 11.1 Å². The molecule has 0 aliphatic carbocycles. The molecule has 0 saturated heterocycles. The highest BCUT2D eigenvalue weighted by Gasteiger charge is 2.20. The lowest BCUT2D eigenvalue weighted by Crippen LogP contribution is -2.46. The van der Waals surface area contributed by atoms with E-state index in [1.54, 1.807) is 0 Å². The molecule has 7 heteroatoms. The molecule has 198 valence electrons. The number of likely N-dealkylation sites (N-methyl/N-ethyl adjacent to an activating group) is 1. The van der Waals surface area contributed by atoms with Gasteiger partial charge in [0.1, 0.15) is 5.82 Å². The molecule has 0 radical (unpaired) electrons. The van der Waals surface area contributed by atoms with Crippen LogP contribution in [0.15, 0.2) is 89.8 Å². The highest BCUT2D eigenvalue weighted by atomic mass is 32.2. The Morgan fingerprint density at radius 1 is 1.00 bits per heavy atom. The fourth-order valence-corrected chi connectivity index (χ4v) is 5.34. The van der Waals surface area contributed by atoms with Crippen LogP contribution < -0.4 is 5.32 Å². The number of halogens is 1. The zero-order valence-electron chi connectivity index (χ0n) is 21.8. The fourth-order valence-electron chi connectivity index (χ4n) is 4.47. The van der Waals surface area contributed by atoms with Gasteiger partial charge in [-0.2, -0.15) is 0 Å². The molecule has 4 rings (SSSR count). The van der Waals surface area contributed by atoms with Gasteiger partial charge in [-0.1, -0.05) is 60.7 Å². The van der Waals surface area contributed by atoms with Crippen LogP contribution in [-0.2, 0) is 6.42 Å². The third-order valence-electron chi connectivity index (χ3n) is 6.39. The summed E-state index contributed by atoms with van der Waals surface area (Å²) in [4.78, 5) is 12.0. The van der Waals surface area contributed by atoms with Gasteiger partial charge in [0.25, 0.3) is 0 Å². The largest absolute Gasteiger partial charge is 0.478 e. The normalized spacial score (nSPS) is 12.7. The lowest BCUT2D eigenvalue weighted by atomic mass is 9.93. The smallest absolute Gasteiger partial charge is 0.335 e. The number of carboxylic acids is 1. The molecule has 0 aromatic heterocycles. The number of aromatic carboxylic acids is 1. The Kier molecular flexibility index (Phi) is 8.84. The third-order valence-corrected chi connectivity index (χ3v) is 7.33. The Balaban J connectivity index is 1.27. The van der Waals surface area contributed by atoms with Crippen LogP contribution in [0.25, 0.3) is 21.9 Å². The summed E-state index contributed by atoms with van der Waals surface area (Å²) in [5, 5.41) is 25.6. The van der Waals surface area contributed by atoms with Gasteiger partial charge < -0.3 is 15.5 Å². The number of carbonyl (C=O) groups is 1. The van der Waals surface area contributed by atoms with Crippen molar-refractivity contribution >= 4 is 28.7 Å². The van der Waals surface area contributed by atoms with E-state index in [0.29, 0.717) is 24.2 Å². The van der Waals surface area contributed by atoms with Crippen LogP contribution in [0.5, 0.6) is 0 Å². The summed E-state index contributed by atoms with van der Waals surface area (Å²) in [6, 6.07) is 26.2. The molecule has 5 nitrogen and oxygen atoms in total. The Labute approximate surface area is 227 Å². The molecule has 0 bridgehead atoms. The van der Waals surface area contributed by atoms with Gasteiger partial charge in [0, 0.05) is 29.1 Å². The average Bonchev–Trinajstić information content (AvgIpc) is 2.88. The van der Waals surface area contributed by atoms with Crippen LogP contribution in [0.1, 0.15) is 29.8 Å². The van der Waals surface area contributed by atoms with Crippen molar-refractivity contribution in [2.75, 3.05) is 20.1 Å². The van der Waals surface area contributed by atoms with Crippen LogP contribution >= 0.6 is 11.9 Å². The minimum atomic E-state index is -1.16. The number of nitrogens with one attached hydrogen (secondary N) is 1. The number of aliphatic hydroxyl groups is 1. The minimum absolute atomic E-state index is 0.0785. The minimum Gasteiger partial charge on any atom is -0.478 e. The maximum absolute atomic E-state index is 14.4. The predicted octanol–water partition coefficient (Wildman–Crippen LogP) is 6.25. The van der Waals surface area contributed by atoms with Gasteiger partial charge >= 0.3 is 5.97 Å². The molecular weight excluding hydrogens is 499 g/mol. The van der Waals surface area contributed by atoms with Crippen molar-refractivity contribution < 1.29 is 19.4 Å². The number of fused-ring (bicyclic) bond motifs is 1. The fraction of sp³-hybridized carbons (Fsp3) is 0.258. The van der Waals surface area contributed by atoms with Crippen LogP contribution in [0, 0.1) is 5.82 Å². The second kappa shape index (κ2) is 12.1. The molecular formula is C31H33FN2O3S. The van der Waals surface area contributed by atoms with E-state index < -0.39 is 17.9 Å². The molecule has 38 heavy (non-hydrogen) atoms. The molecule has 4 aromatic carbocycles. The number of hydrogen-bond acceptors (Lipinski definition) is 5. The first-order chi connectivity index (χ1) is 18.1. The van der Waals surface area contributed by atoms with Gasteiger partial charge in [-0.25, -0.2) is 13.5 Å². The summed E-state index contributed by atoms with van der Waals surface area (Å²) >= 11 is 1.50. The number of nitrogens with zero attached hydrogens (tertiary/aromatic N) is 1. The van der Waals surface area contributed by atoms with E-state index >= 15 is 0 Å². The molecule has 0 saturated carbocycles. The van der Waals surface area contributed by atoms with Crippen molar-refractivity contribution in [1.29, 1.82) is 0 Å². The van der Waals surface area contributed by atoms with Gasteiger partial charge in [-0.3, -0.25) is 0 Å². The van der Waals surface area contributed by atoms with Gasteiger partial charge in [-0.15, -0.1) is 0 Å². The Morgan fingerprint density at radius 3 is 2.39 bits per heavy atom. The molecule has 0 aliphatic heterocycles. The van der Waals surface area contributed by atoms with Gasteiger partial charge in [-0.05, 0) is 85.4 Å². The first-order valence-corrected chi connectivity index (χ1v) is 13.3. The number of carboxylic acid groups (broad SMARTS) is 1. The quantitative estimate of drug-likeness (QED) is 0.198. The molecule has 0 heterocycles. The predicted molar refractivity (Wildman–Crippen MR) is 153 cm³/mol. The molecule has 4 aromatic rings. The maximum atomic E-state index is 14.4. The van der Waals surface area contributed by atoms with Gasteiger partial charge in [0.15, 0.2) is 0 Å². The Morgan fingerprint density at radius 2 is 1.71 bits per heavy atom. The number of aliphatic hydroxyl groups excluding tert-OH is 1. The molecule has 3 N–H and O–H groups in total. The molecule has 0 spiro atoms. The monoisotopic (exact) mass is 532 g/mol. The SMILES string of the molecule is CN(CC(O)CNC(C)(C)Cc1ccc2ccccc2c1)Sc1ccc(-c2ccc(C(=O)O)cc2F)cc1. The Hall–Kier alpha value is -3.23. The number of hydrogen-bond donors (Lipinski definition) is 3. The summed E-state index contributed by atoms with van der Waals surface area (Å²) in [6.45, 7) is 5.23. The summed E-state index contributed by atoms with van der Waals surface area (Å²) in [5.41, 5.74) is 2.02. The summed E-state index contributed by atoms with van der Waals surface area (Å²) in [6.07, 6.45) is 0.297. The van der Waals surface area contributed by atoms with E-state index in [9.17, 15) is 14.3 Å². The number of benzene rings is 4. The van der Waals surface area contributed by atoms with E-state index in [2.05, 4.69) is 55.6 Å². The van der Waals surface area contributed by atoms with Crippen molar-refractivity contribution in [3.05, 3.63) is 102 Å². The van der Waals surface area contributed by atoms with E-state index in [1.165, 1.54) is 40.4 Å². The molecule has 1 atom stereocenters. The maximum Gasteiger partial charge on any atom is 0.335 e. The van der Waals surface area contributed by atoms with Crippen molar-refractivity contribution in [3.63, 3.8) is 0 Å². The highest BCUT2D eigenvalue weighted by molar-refractivity contribution is 7.97. The van der Waals surface area contributed by atoms with E-state index in [1.807, 2.05) is 41.7 Å². The second-order valence-electron chi connectivity index (χ2n) is 10.2. The standard InChI is InChI=1S/C31H33FN2O3S/c1-31(2,18-21-8-9-22-6-4-5-7-24(22)16-21)33-19-26(35)20-34(3)38-27-13-10-23(11-14-27)28-15-12-25(30(36)37)17-29(28)32/h4-17,26,33,35H,18-20H2,1-3H3,(H,36,37). The van der Waals surface area contributed by atoms with Crippen molar-refractivity contribution in [2.45, 2.75) is 36.8 Å². The molecule has 0 aliphatic rings. The molecule has 1 unspecified atom stereocenters. The average molecular weight is 533 g/mol. The Bertz CT molecular complexity index is 1410. The number of rotatable bonds is 11. The zero-order valence-corrected chi connectivity index (χ0v) is 22.6. The number of β-amino-alcohol motifs (C(OH)–C–C–N with tert-alkyl or cyclic N) is 1. The first kappa shape index (κ1) is 27.8. The lowest BCUT2D eigenvalue weighted by molar-refractivity contribution is 0.0696. The zero-order chi connectivity index (χ0) is 27.3. The molecule has 0 fully saturated rings. The van der Waals surface area contributed by atoms with E-state index in [4.69, 9.17) is 5.11 Å². The van der Waals surface area contributed by atoms with E-state index in [0.717, 1.165) is 17.4 Å². The molecule has 0 amide bonds. The van der Waals surface area contributed by atoms with Crippen LogP contribution in [0.3, 0.4) is 0 Å². The van der Waals surface area contributed by atoms with Gasteiger partial charge in [0.05, 0.1) is 11.7 Å². The lowest BCUT2D eigenvalue weighted by Gasteiger charge is -2.29. The van der Waals surface area contributed by atoms with E-state index in [-0.39, 0.29) is 11.1 Å². The second-order valence-corrected chi connectivity index (χ2v) is 11.5. The van der Waals surface area contributed by atoms with Crippen LogP contribution in [0.2, 0.25) is 0 Å². The van der Waals surface area contributed by atoms with Crippen molar-refractivity contribution in [2.24, 2.45) is 0 Å². The third kappa shape index (κ3) is 7.42. The van der Waals surface area contributed by atoms with Crippen molar-refractivity contribution in [1.82, 2.24) is 9.62 Å². The summed E-state index contributed by atoms with van der Waals surface area (Å²) in [7, 11) is 1.92. The van der Waals surface area contributed by atoms with Crippen LogP contribution in [0.4, 0.5) is 4.39 Å². The van der Waals surface area contributed by atoms with Crippen LogP contribution in [-0.4, -0.2) is 52.3 Å².